The Balaban J connectivity index is 2.08. The Morgan fingerprint density at radius 3 is 2.73 bits per heavy atom. The Morgan fingerprint density at radius 1 is 1.40 bits per heavy atom. The highest BCUT2D eigenvalue weighted by atomic mass is 35.5. The summed E-state index contributed by atoms with van der Waals surface area (Å²) in [5.74, 6) is -1.36. The average Bonchev–Trinajstić information content (AvgIpc) is 2.53. The topological polar surface area (TPSA) is 66.5 Å². The van der Waals surface area contributed by atoms with Crippen LogP contribution in [0.3, 0.4) is 0 Å². The number of hydrogen-bond acceptors (Lipinski definition) is 3. The predicted octanol–water partition coefficient (Wildman–Crippen LogP) is -0.654. The quantitative estimate of drug-likeness (QED) is 0.481. The van der Waals surface area contributed by atoms with Gasteiger partial charge in [-0.15, -0.1) is 11.6 Å². The van der Waals surface area contributed by atoms with Crippen molar-refractivity contribution >= 4 is 29.3 Å². The van der Waals surface area contributed by atoms with Crippen LogP contribution < -0.4 is 5.32 Å². The number of piperidine rings is 1. The zero-order valence-corrected chi connectivity index (χ0v) is 8.79. The first-order valence-corrected chi connectivity index (χ1v) is 5.35. The van der Waals surface area contributed by atoms with Gasteiger partial charge in [0.05, 0.1) is 11.8 Å². The zero-order chi connectivity index (χ0) is 11.0. The van der Waals surface area contributed by atoms with Crippen molar-refractivity contribution in [3.05, 3.63) is 0 Å². The Labute approximate surface area is 91.7 Å². The van der Waals surface area contributed by atoms with Crippen molar-refractivity contribution in [2.45, 2.75) is 6.42 Å². The molecule has 0 spiro atoms. The second-order valence-electron chi connectivity index (χ2n) is 3.83. The van der Waals surface area contributed by atoms with Gasteiger partial charge in [-0.25, -0.2) is 0 Å². The van der Waals surface area contributed by atoms with Gasteiger partial charge in [0, 0.05) is 13.1 Å². The van der Waals surface area contributed by atoms with Crippen LogP contribution in [0.25, 0.3) is 0 Å². The molecule has 5 nitrogen and oxygen atoms in total. The largest absolute Gasteiger partial charge is 0.341 e. The molecule has 2 aliphatic heterocycles. The Kier molecular flexibility index (Phi) is 2.65. The van der Waals surface area contributed by atoms with E-state index in [0.717, 1.165) is 0 Å². The lowest BCUT2D eigenvalue weighted by atomic mass is 9.88. The smallest absolute Gasteiger partial charge is 0.237 e. The number of carbonyl (C=O) groups excluding carboxylic acids is 3. The van der Waals surface area contributed by atoms with E-state index < -0.39 is 0 Å². The van der Waals surface area contributed by atoms with Gasteiger partial charge in [0.2, 0.25) is 17.7 Å². The fourth-order valence-corrected chi connectivity index (χ4v) is 2.32. The molecule has 2 heterocycles. The molecule has 0 aromatic heterocycles. The van der Waals surface area contributed by atoms with Gasteiger partial charge in [0.1, 0.15) is 5.88 Å². The minimum absolute atomic E-state index is 0.0764. The van der Waals surface area contributed by atoms with Crippen molar-refractivity contribution in [1.82, 2.24) is 10.2 Å². The lowest BCUT2D eigenvalue weighted by molar-refractivity contribution is -0.134. The van der Waals surface area contributed by atoms with Crippen LogP contribution in [-0.2, 0) is 14.4 Å². The fourth-order valence-electron chi connectivity index (χ4n) is 2.15. The SMILES string of the molecule is O=C1NC(=O)[C@@H]2CN(C(=O)CCl)CC[C@H]12. The van der Waals surface area contributed by atoms with E-state index in [2.05, 4.69) is 5.32 Å². The monoisotopic (exact) mass is 230 g/mol. The number of amides is 3. The van der Waals surface area contributed by atoms with E-state index in [9.17, 15) is 14.4 Å². The molecule has 2 fully saturated rings. The second-order valence-corrected chi connectivity index (χ2v) is 4.10. The molecule has 0 radical (unpaired) electrons. The Bertz CT molecular complexity index is 331. The van der Waals surface area contributed by atoms with E-state index in [0.29, 0.717) is 19.5 Å². The van der Waals surface area contributed by atoms with Gasteiger partial charge in [0.25, 0.3) is 0 Å². The highest BCUT2D eigenvalue weighted by molar-refractivity contribution is 6.27. The van der Waals surface area contributed by atoms with Crippen molar-refractivity contribution in [2.75, 3.05) is 19.0 Å². The number of carbonyl (C=O) groups is 3. The van der Waals surface area contributed by atoms with Gasteiger partial charge in [-0.05, 0) is 6.42 Å². The first kappa shape index (κ1) is 10.4. The van der Waals surface area contributed by atoms with Gasteiger partial charge < -0.3 is 4.90 Å². The summed E-state index contributed by atoms with van der Waals surface area (Å²) in [6.45, 7) is 0.821. The molecule has 0 unspecified atom stereocenters. The van der Waals surface area contributed by atoms with E-state index in [1.807, 2.05) is 0 Å². The maximum Gasteiger partial charge on any atom is 0.237 e. The molecule has 1 N–H and O–H groups in total. The summed E-state index contributed by atoms with van der Waals surface area (Å²) in [5, 5.41) is 2.29. The molecule has 2 atom stereocenters. The number of nitrogens with zero attached hydrogens (tertiary/aromatic N) is 1. The number of likely N-dealkylation sites (tertiary alicyclic amines) is 1. The number of imide groups is 1. The molecule has 15 heavy (non-hydrogen) atoms. The van der Waals surface area contributed by atoms with Gasteiger partial charge in [-0.3, -0.25) is 19.7 Å². The van der Waals surface area contributed by atoms with Gasteiger partial charge in [-0.2, -0.15) is 0 Å². The van der Waals surface area contributed by atoms with Crippen LogP contribution in [0.1, 0.15) is 6.42 Å². The molecule has 2 rings (SSSR count). The molecule has 6 heteroatoms. The highest BCUT2D eigenvalue weighted by Gasteiger charge is 2.45. The summed E-state index contributed by atoms with van der Waals surface area (Å²) >= 11 is 5.43. The van der Waals surface area contributed by atoms with Gasteiger partial charge in [-0.1, -0.05) is 0 Å². The first-order valence-electron chi connectivity index (χ1n) is 4.82. The minimum atomic E-state index is -0.376. The third-order valence-electron chi connectivity index (χ3n) is 3.00. The maximum absolute atomic E-state index is 11.4. The van der Waals surface area contributed by atoms with Crippen molar-refractivity contribution in [3.8, 4) is 0 Å². The molecule has 0 bridgehead atoms. The molecular weight excluding hydrogens is 220 g/mol. The standard InChI is InChI=1S/C9H11ClN2O3/c10-3-7(13)12-2-1-5-6(4-12)9(15)11-8(5)14/h5-6H,1-4H2,(H,11,14,15)/t5-,6+/m0/s1. The van der Waals surface area contributed by atoms with Crippen LogP contribution in [0.2, 0.25) is 0 Å². The Hall–Kier alpha value is -1.10. The molecule has 2 aliphatic rings. The van der Waals surface area contributed by atoms with Crippen LogP contribution in [0.4, 0.5) is 0 Å². The Morgan fingerprint density at radius 2 is 2.07 bits per heavy atom. The molecule has 0 saturated carbocycles. The zero-order valence-electron chi connectivity index (χ0n) is 8.03. The van der Waals surface area contributed by atoms with Crippen molar-refractivity contribution < 1.29 is 14.4 Å². The summed E-state index contributed by atoms with van der Waals surface area (Å²) in [7, 11) is 0. The van der Waals surface area contributed by atoms with E-state index in [4.69, 9.17) is 11.6 Å². The molecule has 2 saturated heterocycles. The van der Waals surface area contributed by atoms with Crippen LogP contribution in [0, 0.1) is 11.8 Å². The second kappa shape index (κ2) is 3.81. The number of alkyl halides is 1. The van der Waals surface area contributed by atoms with Crippen molar-refractivity contribution in [1.29, 1.82) is 0 Å². The van der Waals surface area contributed by atoms with E-state index in [-0.39, 0.29) is 35.4 Å². The summed E-state index contributed by atoms with van der Waals surface area (Å²) in [6, 6.07) is 0. The number of hydrogen-bond donors (Lipinski definition) is 1. The molecule has 0 aliphatic carbocycles. The third kappa shape index (κ3) is 1.71. The summed E-state index contributed by atoms with van der Waals surface area (Å²) in [5.41, 5.74) is 0. The van der Waals surface area contributed by atoms with Crippen molar-refractivity contribution in [2.24, 2.45) is 11.8 Å². The maximum atomic E-state index is 11.4. The number of fused-ring (bicyclic) bond motifs is 1. The fraction of sp³-hybridized carbons (Fsp3) is 0.667. The van der Waals surface area contributed by atoms with Crippen LogP contribution in [-0.4, -0.2) is 41.6 Å². The molecule has 0 aromatic rings. The molecule has 0 aromatic carbocycles. The first-order chi connectivity index (χ1) is 7.13. The van der Waals surface area contributed by atoms with Gasteiger partial charge >= 0.3 is 0 Å². The normalized spacial score (nSPS) is 30.1. The minimum Gasteiger partial charge on any atom is -0.341 e. The lowest BCUT2D eigenvalue weighted by Gasteiger charge is -2.31. The van der Waals surface area contributed by atoms with E-state index in [1.54, 1.807) is 4.90 Å². The highest BCUT2D eigenvalue weighted by Crippen LogP contribution is 2.28. The van der Waals surface area contributed by atoms with E-state index in [1.165, 1.54) is 0 Å². The van der Waals surface area contributed by atoms with Crippen LogP contribution >= 0.6 is 11.6 Å². The predicted molar refractivity (Wildman–Crippen MR) is 52.0 cm³/mol. The number of halogens is 1. The molecule has 82 valence electrons. The number of rotatable bonds is 1. The summed E-state index contributed by atoms with van der Waals surface area (Å²) in [4.78, 5) is 35.5. The average molecular weight is 231 g/mol. The van der Waals surface area contributed by atoms with Gasteiger partial charge in [0.15, 0.2) is 0 Å². The molecular formula is C9H11ClN2O3. The van der Waals surface area contributed by atoms with Crippen molar-refractivity contribution in [3.63, 3.8) is 0 Å². The third-order valence-corrected chi connectivity index (χ3v) is 3.23. The van der Waals surface area contributed by atoms with E-state index >= 15 is 0 Å². The van der Waals surface area contributed by atoms with Crippen LogP contribution in [0.15, 0.2) is 0 Å². The summed E-state index contributed by atoms with van der Waals surface area (Å²) in [6.07, 6.45) is 0.546. The number of nitrogens with one attached hydrogen (secondary N) is 1. The van der Waals surface area contributed by atoms with Crippen LogP contribution in [0.5, 0.6) is 0 Å². The summed E-state index contributed by atoms with van der Waals surface area (Å²) < 4.78 is 0. The lowest BCUT2D eigenvalue weighted by Crippen LogP contribution is -2.45. The molecule has 3 amide bonds.